The van der Waals surface area contributed by atoms with Gasteiger partial charge in [0.1, 0.15) is 11.9 Å². The van der Waals surface area contributed by atoms with E-state index in [9.17, 15) is 33.2 Å². The molecule has 0 amide bonds. The maximum atomic E-state index is 14.4. The Hall–Kier alpha value is -2.70. The van der Waals surface area contributed by atoms with Gasteiger partial charge in [-0.25, -0.2) is 9.36 Å². The number of benzene rings is 1. The quantitative estimate of drug-likeness (QED) is 0.305. The van der Waals surface area contributed by atoms with Crippen LogP contribution in [0.3, 0.4) is 0 Å². The normalized spacial score (nSPS) is 25.7. The van der Waals surface area contributed by atoms with Crippen LogP contribution in [-0.2, 0) is 13.8 Å². The van der Waals surface area contributed by atoms with Crippen LogP contribution >= 0.6 is 7.75 Å². The van der Waals surface area contributed by atoms with Gasteiger partial charge in [-0.2, -0.15) is 18.5 Å². The molecule has 2 aromatic rings. The summed E-state index contributed by atoms with van der Waals surface area (Å²) in [5.74, 6) is -5.23. The molecular weight excluding hydrogens is 429 g/mol. The molecule has 0 aliphatic carbocycles. The molecule has 1 aromatic carbocycles. The smallest absolute Gasteiger partial charge is 0.450 e. The number of aliphatic hydroxyl groups is 1. The van der Waals surface area contributed by atoms with E-state index in [1.807, 2.05) is 0 Å². The van der Waals surface area contributed by atoms with Crippen molar-refractivity contribution in [3.05, 3.63) is 58.6 Å². The molecule has 30 heavy (non-hydrogen) atoms. The predicted octanol–water partition coefficient (Wildman–Crippen LogP) is -0.357. The topological polar surface area (TPSA) is 172 Å². The molecule has 0 bridgehead atoms. The Balaban J connectivity index is 1.74. The van der Waals surface area contributed by atoms with Crippen molar-refractivity contribution < 1.29 is 37.7 Å². The number of nitrogen functional groups attached to an aromatic ring is 1. The summed E-state index contributed by atoms with van der Waals surface area (Å²) in [4.78, 5) is 24.8. The Bertz CT molecular complexity index is 1050. The number of nitrogens with zero attached hydrogens (tertiary/aromatic N) is 3. The van der Waals surface area contributed by atoms with Gasteiger partial charge in [-0.15, -0.1) is 0 Å². The lowest BCUT2D eigenvalue weighted by Gasteiger charge is -2.20. The van der Waals surface area contributed by atoms with Crippen molar-refractivity contribution in [1.82, 2.24) is 9.55 Å². The van der Waals surface area contributed by atoms with E-state index in [1.165, 1.54) is 24.3 Å². The lowest BCUT2D eigenvalue weighted by Crippen LogP contribution is -2.41. The van der Waals surface area contributed by atoms with Gasteiger partial charge in [0.2, 0.25) is 6.23 Å². The molecule has 0 saturated carbocycles. The van der Waals surface area contributed by atoms with Crippen molar-refractivity contribution in [3.63, 3.8) is 0 Å². The molecule has 4 atom stereocenters. The van der Waals surface area contributed by atoms with E-state index in [2.05, 4.69) is 14.3 Å². The number of hydrogen-bond acceptors (Lipinski definition) is 8. The van der Waals surface area contributed by atoms with Gasteiger partial charge in [0.05, 0.1) is 6.61 Å². The summed E-state index contributed by atoms with van der Waals surface area (Å²) >= 11 is 0. The van der Waals surface area contributed by atoms with Crippen LogP contribution in [0.1, 0.15) is 11.8 Å². The van der Waals surface area contributed by atoms with Gasteiger partial charge in [0.25, 0.3) is 0 Å². The molecule has 4 N–H and O–H groups in total. The fraction of sp³-hybridized carbons (Fsp3) is 0.312. The van der Waals surface area contributed by atoms with E-state index in [-0.39, 0.29) is 11.4 Å². The average Bonchev–Trinajstić information content (AvgIpc) is 2.90. The molecule has 1 fully saturated rings. The maximum Gasteiger partial charge on any atom is 0.450 e. The van der Waals surface area contributed by atoms with E-state index < -0.39 is 50.3 Å². The number of nitrogens with two attached hydrogens (primary N) is 1. The van der Waals surface area contributed by atoms with Crippen LogP contribution in [0.4, 0.5) is 14.6 Å². The van der Waals surface area contributed by atoms with Gasteiger partial charge in [0, 0.05) is 12.1 Å². The molecule has 3 rings (SSSR count). The molecule has 0 radical (unpaired) electrons. The molecule has 1 saturated heterocycles. The molecular formula is C16H16F2N4O7P-. The van der Waals surface area contributed by atoms with Gasteiger partial charge in [0.15, 0.2) is 6.10 Å². The van der Waals surface area contributed by atoms with Crippen molar-refractivity contribution >= 4 is 19.5 Å². The zero-order chi connectivity index (χ0) is 22.1. The van der Waals surface area contributed by atoms with Gasteiger partial charge in [-0.1, -0.05) is 30.3 Å². The molecule has 1 aliphatic heterocycles. The standard InChI is InChI=1S/C16H17F2N4O7P/c17-16(18)12(23)10(29-14(16)22-7-6-11(19)20-15(22)25)8-28-30(26,27)21-13(24)9-4-2-1-3-5-9/h1-7,10,12,14,23H,8H2,(H2,19,20,25)(H2,21,24,26,27)/p-1/t10-,12-,14-/m1/s1. The van der Waals surface area contributed by atoms with Gasteiger partial charge in [-0.3, -0.25) is 9.09 Å². The zero-order valence-corrected chi connectivity index (χ0v) is 15.9. The summed E-state index contributed by atoms with van der Waals surface area (Å²) in [7, 11) is -4.90. The van der Waals surface area contributed by atoms with E-state index in [4.69, 9.17) is 10.5 Å². The average molecular weight is 445 g/mol. The number of halogens is 2. The number of hydrogen-bond donors (Lipinski definition) is 3. The first-order chi connectivity index (χ1) is 14.0. The first-order valence-corrected chi connectivity index (χ1v) is 9.90. The summed E-state index contributed by atoms with van der Waals surface area (Å²) in [5.41, 5.74) is 4.17. The van der Waals surface area contributed by atoms with Crippen LogP contribution in [0.2, 0.25) is 0 Å². The second-order valence-corrected chi connectivity index (χ2v) is 7.69. The third-order valence-corrected chi connectivity index (χ3v) is 5.05. The Morgan fingerprint density at radius 1 is 1.40 bits per heavy atom. The number of alkyl halides is 2. The highest BCUT2D eigenvalue weighted by atomic mass is 31.2. The number of anilines is 1. The predicted molar refractivity (Wildman–Crippen MR) is 96.5 cm³/mol. The van der Waals surface area contributed by atoms with Crippen molar-refractivity contribution in [2.75, 3.05) is 12.3 Å². The van der Waals surface area contributed by atoms with E-state index in [1.54, 1.807) is 6.07 Å². The fourth-order valence-corrected chi connectivity index (χ4v) is 3.41. The Kier molecular flexibility index (Phi) is 6.01. The number of ether oxygens (including phenoxy) is 1. The van der Waals surface area contributed by atoms with Crippen LogP contribution in [0.5, 0.6) is 0 Å². The number of aliphatic hydroxyl groups excluding tert-OH is 1. The van der Waals surface area contributed by atoms with Crippen LogP contribution in [-0.4, -0.2) is 50.2 Å². The minimum absolute atomic E-state index is 0.00866. The van der Waals surface area contributed by atoms with E-state index in [0.29, 0.717) is 4.57 Å². The Morgan fingerprint density at radius 2 is 2.07 bits per heavy atom. The molecule has 1 unspecified atom stereocenters. The summed E-state index contributed by atoms with van der Waals surface area (Å²) in [6.07, 6.45) is -5.65. The van der Waals surface area contributed by atoms with Crippen LogP contribution < -0.4 is 16.5 Å². The third kappa shape index (κ3) is 4.55. The van der Waals surface area contributed by atoms with Gasteiger partial charge < -0.3 is 25.6 Å². The van der Waals surface area contributed by atoms with Gasteiger partial charge >= 0.3 is 19.4 Å². The van der Waals surface area contributed by atoms with Crippen LogP contribution in [0, 0.1) is 0 Å². The first-order valence-electron chi connectivity index (χ1n) is 8.37. The highest BCUT2D eigenvalue weighted by Gasteiger charge is 2.60. The fourth-order valence-electron chi connectivity index (χ4n) is 2.66. The van der Waals surface area contributed by atoms with Crippen LogP contribution in [0.25, 0.3) is 0 Å². The summed E-state index contributed by atoms with van der Waals surface area (Å²) in [6, 6.07) is 8.39. The maximum absolute atomic E-state index is 14.4. The van der Waals surface area contributed by atoms with Gasteiger partial charge in [-0.05, 0) is 11.6 Å². The minimum Gasteiger partial charge on any atom is -0.858 e. The third-order valence-electron chi connectivity index (χ3n) is 4.13. The number of aromatic nitrogens is 2. The second-order valence-electron chi connectivity index (χ2n) is 6.25. The Morgan fingerprint density at radius 3 is 2.70 bits per heavy atom. The summed E-state index contributed by atoms with van der Waals surface area (Å²) in [6.45, 7) is -1.01. The summed E-state index contributed by atoms with van der Waals surface area (Å²) in [5, 5.41) is 21.8. The molecule has 2 heterocycles. The zero-order valence-electron chi connectivity index (χ0n) is 15.0. The SMILES string of the molecule is Nc1ccn([C@@H]2O[C@H](COP(=O)(O)N=C([O-])c3ccccc3)[C@@H](O)C2(F)F)c(=O)n1. The van der Waals surface area contributed by atoms with Crippen LogP contribution in [0.15, 0.2) is 52.2 Å². The van der Waals surface area contributed by atoms with Crippen molar-refractivity contribution in [2.24, 2.45) is 4.76 Å². The lowest BCUT2D eigenvalue weighted by atomic mass is 10.1. The van der Waals surface area contributed by atoms with E-state index in [0.717, 1.165) is 12.3 Å². The monoisotopic (exact) mass is 445 g/mol. The number of rotatable bonds is 6. The highest BCUT2D eigenvalue weighted by Crippen LogP contribution is 2.47. The highest BCUT2D eigenvalue weighted by molar-refractivity contribution is 7.51. The largest absolute Gasteiger partial charge is 0.858 e. The van der Waals surface area contributed by atoms with E-state index >= 15 is 0 Å². The first kappa shape index (κ1) is 22.0. The molecule has 14 heteroatoms. The molecule has 11 nitrogen and oxygen atoms in total. The van der Waals surface area contributed by atoms with Crippen molar-refractivity contribution in [1.29, 1.82) is 0 Å². The van der Waals surface area contributed by atoms with Crippen molar-refractivity contribution in [2.45, 2.75) is 24.4 Å². The molecule has 1 aliphatic rings. The molecule has 1 aromatic heterocycles. The minimum atomic E-state index is -4.90. The lowest BCUT2D eigenvalue weighted by molar-refractivity contribution is -0.212. The summed E-state index contributed by atoms with van der Waals surface area (Å²) < 4.78 is 53.9. The second kappa shape index (κ2) is 8.20. The van der Waals surface area contributed by atoms with Crippen molar-refractivity contribution in [3.8, 4) is 0 Å². The molecule has 162 valence electrons. The Labute approximate surface area is 167 Å². The molecule has 0 spiro atoms.